The quantitative estimate of drug-likeness (QED) is 0.0774. The maximum absolute atomic E-state index is 5.09. The van der Waals surface area contributed by atoms with Crippen LogP contribution in [0.5, 0.6) is 0 Å². The van der Waals surface area contributed by atoms with E-state index in [1.54, 1.807) is 0 Å². The van der Waals surface area contributed by atoms with Crippen LogP contribution in [0.2, 0.25) is 0 Å². The standard InChI is InChI=1S/3C47H31N3/c1-4-12-32(13-5-1)43-25-21-36(29-48-43)35-20-24-41-42(28-35)47(38-23-27-45(50-31-38)34-16-8-3-9-17-34)40-19-11-10-18-39(40)46(41)37-22-26-44(49-30-37)33-14-6-2-7-15-33;1-4-12-32(13-5-1)36-21-25-43(48-29-36)35-20-24-41-42(28-35)47(45-27-23-38(31-50-45)34-16-8-3-9-17-34)40-19-11-10-18-39(40)46(41)44-26-22-37(30-49-44)33-14-6-2-7-15-33;1-4-12-32(13-5-1)36-22-39(29-48-26-36)35-20-21-44-45(25-35)47(41-24-38(28-50-31-41)34-16-8-3-9-17-34)43-19-11-10-18-42(43)46(44)40-23-37(27-49-30-40)33-14-6-2-7-15-33/h3*1-31H. The van der Waals surface area contributed by atoms with Gasteiger partial charge in [0, 0.05) is 175 Å². The number of pyridine rings is 9. The molecule has 0 saturated carbocycles. The lowest BCUT2D eigenvalue weighted by Gasteiger charge is -2.19. The molecule has 0 aliphatic heterocycles. The van der Waals surface area contributed by atoms with Crippen LogP contribution in [-0.2, 0) is 0 Å². The molecule has 27 rings (SSSR count). The molecule has 0 fully saturated rings. The van der Waals surface area contributed by atoms with Gasteiger partial charge in [0.1, 0.15) is 0 Å². The zero-order valence-electron chi connectivity index (χ0n) is 81.7. The van der Waals surface area contributed by atoms with Gasteiger partial charge in [0.05, 0.1) is 34.2 Å². The minimum absolute atomic E-state index is 0.921. The van der Waals surface area contributed by atoms with Crippen LogP contribution in [0.25, 0.3) is 266 Å². The predicted molar refractivity (Wildman–Crippen MR) is 622 cm³/mol. The Hall–Kier alpha value is -20.1. The van der Waals surface area contributed by atoms with Crippen LogP contribution in [-0.4, -0.2) is 44.9 Å². The van der Waals surface area contributed by atoms with Gasteiger partial charge in [-0.25, -0.2) is 0 Å². The highest BCUT2D eigenvalue weighted by atomic mass is 14.7. The number of benzene rings is 18. The Morgan fingerprint density at radius 3 is 0.580 bits per heavy atom. The van der Waals surface area contributed by atoms with Crippen molar-refractivity contribution in [2.45, 2.75) is 0 Å². The lowest BCUT2D eigenvalue weighted by molar-refractivity contribution is 1.32. The Labute approximate surface area is 870 Å². The third-order valence-corrected chi connectivity index (χ3v) is 28.3. The predicted octanol–water partition coefficient (Wildman–Crippen LogP) is 36.5. The second-order valence-corrected chi connectivity index (χ2v) is 37.4. The van der Waals surface area contributed by atoms with Crippen LogP contribution < -0.4 is 0 Å². The van der Waals surface area contributed by atoms with Crippen molar-refractivity contribution in [2.24, 2.45) is 0 Å². The molecule has 0 atom stereocenters. The zero-order chi connectivity index (χ0) is 99.8. The highest BCUT2D eigenvalue weighted by Crippen LogP contribution is 2.51. The van der Waals surface area contributed by atoms with Crippen molar-refractivity contribution >= 4 is 64.6 Å². The van der Waals surface area contributed by atoms with Crippen LogP contribution in [0.15, 0.2) is 566 Å². The summed E-state index contributed by atoms with van der Waals surface area (Å²) in [4.78, 5) is 44.1. The Bertz CT molecular complexity index is 9190. The van der Waals surface area contributed by atoms with E-state index in [1.807, 2.05) is 153 Å². The first-order valence-electron chi connectivity index (χ1n) is 50.5. The summed E-state index contributed by atoms with van der Waals surface area (Å²) in [5.41, 5.74) is 38.9. The molecule has 0 bridgehead atoms. The van der Waals surface area contributed by atoms with Gasteiger partial charge in [0.2, 0.25) is 0 Å². The van der Waals surface area contributed by atoms with E-state index >= 15 is 0 Å². The fourth-order valence-corrected chi connectivity index (χ4v) is 21.0. The fourth-order valence-electron chi connectivity index (χ4n) is 21.0. The lowest BCUT2D eigenvalue weighted by atomic mass is 9.85. The Kier molecular flexibility index (Phi) is 25.1. The van der Waals surface area contributed by atoms with Gasteiger partial charge in [-0.15, -0.1) is 0 Å². The average molecular weight is 1910 g/mol. The van der Waals surface area contributed by atoms with Crippen molar-refractivity contribution in [1.82, 2.24) is 44.9 Å². The molecule has 0 radical (unpaired) electrons. The molecule has 0 unspecified atom stereocenters. The molecule has 702 valence electrons. The summed E-state index contributed by atoms with van der Waals surface area (Å²) in [7, 11) is 0. The zero-order valence-corrected chi connectivity index (χ0v) is 81.7. The third kappa shape index (κ3) is 18.5. The second-order valence-electron chi connectivity index (χ2n) is 37.4. The van der Waals surface area contributed by atoms with Crippen LogP contribution in [0, 0.1) is 0 Å². The lowest BCUT2D eigenvalue weighted by Crippen LogP contribution is -1.95. The van der Waals surface area contributed by atoms with Crippen LogP contribution in [0.4, 0.5) is 0 Å². The number of hydrogen-bond donors (Lipinski definition) is 0. The van der Waals surface area contributed by atoms with Crippen molar-refractivity contribution in [2.75, 3.05) is 0 Å². The summed E-state index contributed by atoms with van der Waals surface area (Å²) in [5.74, 6) is 0. The molecule has 9 heteroatoms. The molecule has 150 heavy (non-hydrogen) atoms. The van der Waals surface area contributed by atoms with Crippen molar-refractivity contribution in [3.8, 4) is 201 Å². The van der Waals surface area contributed by atoms with Crippen molar-refractivity contribution in [3.63, 3.8) is 0 Å². The molecule has 0 aliphatic rings. The van der Waals surface area contributed by atoms with Crippen LogP contribution >= 0.6 is 0 Å². The molecule has 0 amide bonds. The molecule has 0 saturated heterocycles. The molecule has 9 heterocycles. The van der Waals surface area contributed by atoms with Gasteiger partial charge in [0.15, 0.2) is 0 Å². The summed E-state index contributed by atoms with van der Waals surface area (Å²) in [5, 5.41) is 13.8. The van der Waals surface area contributed by atoms with Crippen molar-refractivity contribution in [1.29, 1.82) is 0 Å². The Morgan fingerprint density at radius 2 is 0.267 bits per heavy atom. The van der Waals surface area contributed by atoms with E-state index in [-0.39, 0.29) is 0 Å². The average Bonchev–Trinajstić information content (AvgIpc) is 0.757. The van der Waals surface area contributed by atoms with Crippen molar-refractivity contribution in [3.05, 3.63) is 566 Å². The first kappa shape index (κ1) is 91.1. The maximum atomic E-state index is 5.09. The SMILES string of the molecule is c1ccc(-c2ccc(-c3ccc4c(-c5ccc(-c6ccccc6)cn5)c5ccccc5c(-c5ccc(-c6ccccc6)cn5)c4c3)nc2)cc1.c1ccc(-c2ccc(-c3ccc4c(-c5ccc(-c6ccccc6)nc5)c5ccccc5c(-c5ccc(-c6ccccc6)nc5)c4c3)cn2)cc1.c1ccc(-c2cncc(-c3ccc4c(-c5cncc(-c6ccccc6)c5)c5ccccc5c(-c5cncc(-c6ccccc6)c5)c4c3)c2)cc1. The van der Waals surface area contributed by atoms with Gasteiger partial charge >= 0.3 is 0 Å². The van der Waals surface area contributed by atoms with E-state index in [2.05, 4.69) is 417 Å². The summed E-state index contributed by atoms with van der Waals surface area (Å²) in [6.45, 7) is 0. The number of hydrogen-bond acceptors (Lipinski definition) is 9. The number of rotatable bonds is 18. The van der Waals surface area contributed by atoms with E-state index < -0.39 is 0 Å². The largest absolute Gasteiger partial charge is 0.263 e. The second kappa shape index (κ2) is 41.3. The first-order chi connectivity index (χ1) is 74.4. The monoisotopic (exact) mass is 1910 g/mol. The van der Waals surface area contributed by atoms with Crippen LogP contribution in [0.3, 0.4) is 0 Å². The first-order valence-corrected chi connectivity index (χ1v) is 50.5. The van der Waals surface area contributed by atoms with Gasteiger partial charge in [-0.2, -0.15) is 0 Å². The molecule has 27 aromatic rings. The van der Waals surface area contributed by atoms with Crippen molar-refractivity contribution < 1.29 is 0 Å². The van der Waals surface area contributed by atoms with Gasteiger partial charge in [-0.3, -0.25) is 44.9 Å². The van der Waals surface area contributed by atoms with E-state index in [9.17, 15) is 0 Å². The number of nitrogens with zero attached hydrogens (tertiary/aromatic N) is 9. The van der Waals surface area contributed by atoms with Gasteiger partial charge in [-0.1, -0.05) is 419 Å². The highest BCUT2D eigenvalue weighted by Gasteiger charge is 2.25. The molecule has 0 aliphatic carbocycles. The highest BCUT2D eigenvalue weighted by molar-refractivity contribution is 6.25. The number of fused-ring (bicyclic) bond motifs is 6. The maximum Gasteiger partial charge on any atom is 0.0714 e. The van der Waals surface area contributed by atoms with E-state index in [1.165, 1.54) is 32.7 Å². The molecule has 18 aromatic carbocycles. The molecule has 0 spiro atoms. The molecular weight excluding hydrogens is 1820 g/mol. The topological polar surface area (TPSA) is 116 Å². The van der Waals surface area contributed by atoms with Gasteiger partial charge in [-0.05, 0) is 204 Å². The Morgan fingerprint density at radius 1 is 0.0867 bits per heavy atom. The smallest absolute Gasteiger partial charge is 0.0714 e. The Balaban J connectivity index is 0.000000116. The summed E-state index contributed by atoms with van der Waals surface area (Å²) >= 11 is 0. The van der Waals surface area contributed by atoms with E-state index in [0.717, 1.165) is 233 Å². The summed E-state index contributed by atoms with van der Waals surface area (Å²) < 4.78 is 0. The molecule has 9 nitrogen and oxygen atoms in total. The van der Waals surface area contributed by atoms with Crippen LogP contribution in [0.1, 0.15) is 0 Å². The van der Waals surface area contributed by atoms with Gasteiger partial charge in [0.25, 0.3) is 0 Å². The molecule has 9 aromatic heterocycles. The number of aromatic nitrogens is 9. The normalized spacial score (nSPS) is 11.2. The third-order valence-electron chi connectivity index (χ3n) is 28.3. The summed E-state index contributed by atoms with van der Waals surface area (Å²) in [6.07, 6.45) is 23.7. The molecular formula is C141H93N9. The minimum atomic E-state index is 0.921. The van der Waals surface area contributed by atoms with Gasteiger partial charge < -0.3 is 0 Å². The minimum Gasteiger partial charge on any atom is -0.263 e. The molecule has 0 N–H and O–H groups in total. The van der Waals surface area contributed by atoms with E-state index in [0.29, 0.717) is 0 Å². The van der Waals surface area contributed by atoms with E-state index in [4.69, 9.17) is 39.9 Å². The summed E-state index contributed by atoms with van der Waals surface area (Å²) in [6, 6.07) is 172. The fraction of sp³-hybridized carbons (Fsp3) is 0.